The SMILES string of the molecule is Nc1ncnn2c(CC3CNCCO3)cc(-c3ccc(NC(=O)Nc4cc(C(F)(F)F)ccc4F)c(F)c3)c12. The molecule has 2 amide bonds. The van der Waals surface area contributed by atoms with Gasteiger partial charge in [-0.25, -0.2) is 23.1 Å². The van der Waals surface area contributed by atoms with Gasteiger partial charge >= 0.3 is 12.2 Å². The fourth-order valence-corrected chi connectivity index (χ4v) is 4.34. The molecule has 1 aliphatic rings. The van der Waals surface area contributed by atoms with Crippen molar-refractivity contribution in [2.45, 2.75) is 18.7 Å². The second-order valence-corrected chi connectivity index (χ2v) is 8.82. The van der Waals surface area contributed by atoms with Crippen molar-refractivity contribution in [3.8, 4) is 11.1 Å². The Hall–Kier alpha value is -4.30. The molecule has 2 aromatic carbocycles. The molecule has 204 valence electrons. The van der Waals surface area contributed by atoms with Crippen LogP contribution in [0.3, 0.4) is 0 Å². The predicted molar refractivity (Wildman–Crippen MR) is 133 cm³/mol. The summed E-state index contributed by atoms with van der Waals surface area (Å²) in [7, 11) is 0. The Balaban J connectivity index is 1.38. The van der Waals surface area contributed by atoms with E-state index >= 15 is 4.39 Å². The van der Waals surface area contributed by atoms with Crippen molar-refractivity contribution in [2.24, 2.45) is 0 Å². The summed E-state index contributed by atoms with van der Waals surface area (Å²) >= 11 is 0. The quantitative estimate of drug-likeness (QED) is 0.274. The Morgan fingerprint density at radius 1 is 1.10 bits per heavy atom. The van der Waals surface area contributed by atoms with E-state index in [1.165, 1.54) is 18.5 Å². The minimum atomic E-state index is -4.74. The topological polar surface area (TPSA) is 119 Å². The van der Waals surface area contributed by atoms with Gasteiger partial charge in [-0.05, 0) is 42.0 Å². The van der Waals surface area contributed by atoms with Crippen LogP contribution in [0.1, 0.15) is 11.3 Å². The van der Waals surface area contributed by atoms with Crippen LogP contribution >= 0.6 is 0 Å². The van der Waals surface area contributed by atoms with Crippen molar-refractivity contribution in [3.63, 3.8) is 0 Å². The number of halogens is 5. The number of carbonyl (C=O) groups is 1. The largest absolute Gasteiger partial charge is 0.416 e. The highest BCUT2D eigenvalue weighted by atomic mass is 19.4. The van der Waals surface area contributed by atoms with Crippen LogP contribution in [0.25, 0.3) is 16.6 Å². The minimum absolute atomic E-state index is 0.0932. The van der Waals surface area contributed by atoms with Gasteiger partial charge in [-0.3, -0.25) is 0 Å². The van der Waals surface area contributed by atoms with Gasteiger partial charge in [-0.1, -0.05) is 6.07 Å². The molecule has 3 heterocycles. The second kappa shape index (κ2) is 10.5. The third-order valence-electron chi connectivity index (χ3n) is 6.17. The first-order valence-electron chi connectivity index (χ1n) is 11.8. The molecule has 39 heavy (non-hydrogen) atoms. The number of morpholine rings is 1. The number of rotatable bonds is 5. The van der Waals surface area contributed by atoms with Crippen molar-refractivity contribution >= 4 is 28.7 Å². The molecule has 0 saturated carbocycles. The van der Waals surface area contributed by atoms with Gasteiger partial charge in [-0.15, -0.1) is 0 Å². The molecule has 5 N–H and O–H groups in total. The Bertz CT molecular complexity index is 1530. The van der Waals surface area contributed by atoms with Crippen LogP contribution in [-0.4, -0.2) is 46.4 Å². The maximum Gasteiger partial charge on any atom is 0.416 e. The molecule has 1 unspecified atom stereocenters. The lowest BCUT2D eigenvalue weighted by Gasteiger charge is -2.23. The fourth-order valence-electron chi connectivity index (χ4n) is 4.34. The zero-order valence-corrected chi connectivity index (χ0v) is 20.1. The smallest absolute Gasteiger partial charge is 0.382 e. The molecule has 1 aliphatic heterocycles. The summed E-state index contributed by atoms with van der Waals surface area (Å²) < 4.78 is 75.2. The normalized spacial score (nSPS) is 15.9. The molecule has 14 heteroatoms. The van der Waals surface area contributed by atoms with E-state index in [0.29, 0.717) is 54.4 Å². The first-order valence-corrected chi connectivity index (χ1v) is 11.8. The number of hydrogen-bond acceptors (Lipinski definition) is 6. The number of anilines is 3. The predicted octanol–water partition coefficient (Wildman–Crippen LogP) is 4.45. The van der Waals surface area contributed by atoms with E-state index in [2.05, 4.69) is 20.7 Å². The van der Waals surface area contributed by atoms with Crippen LogP contribution in [0.2, 0.25) is 0 Å². The molecule has 2 aromatic heterocycles. The molecule has 9 nitrogen and oxygen atoms in total. The summed E-state index contributed by atoms with van der Waals surface area (Å²) in [5, 5.41) is 11.7. The minimum Gasteiger partial charge on any atom is -0.382 e. The Kier molecular flexibility index (Phi) is 7.06. The summed E-state index contributed by atoms with van der Waals surface area (Å²) in [5.41, 5.74) is 6.18. The molecule has 1 fully saturated rings. The number of nitrogens with one attached hydrogen (secondary N) is 3. The highest BCUT2D eigenvalue weighted by molar-refractivity contribution is 6.00. The van der Waals surface area contributed by atoms with Crippen LogP contribution in [0, 0.1) is 11.6 Å². The molecule has 0 spiro atoms. The number of nitrogens with two attached hydrogens (primary N) is 1. The van der Waals surface area contributed by atoms with E-state index in [1.807, 2.05) is 11.4 Å². The number of amides is 2. The molecule has 1 atom stereocenters. The Morgan fingerprint density at radius 3 is 2.62 bits per heavy atom. The van der Waals surface area contributed by atoms with Gasteiger partial charge < -0.3 is 26.4 Å². The molecular formula is C25H22F5N7O2. The number of carbonyl (C=O) groups excluding carboxylic acids is 1. The van der Waals surface area contributed by atoms with E-state index in [1.54, 1.807) is 4.52 Å². The number of fused-ring (bicyclic) bond motifs is 1. The summed E-state index contributed by atoms with van der Waals surface area (Å²) in [6.07, 6.45) is -3.00. The van der Waals surface area contributed by atoms with E-state index < -0.39 is 35.1 Å². The molecule has 4 aromatic rings. The second-order valence-electron chi connectivity index (χ2n) is 8.82. The van der Waals surface area contributed by atoms with E-state index in [-0.39, 0.29) is 17.6 Å². The lowest BCUT2D eigenvalue weighted by atomic mass is 10.0. The third kappa shape index (κ3) is 5.61. The van der Waals surface area contributed by atoms with Crippen LogP contribution < -0.4 is 21.7 Å². The third-order valence-corrected chi connectivity index (χ3v) is 6.17. The van der Waals surface area contributed by atoms with Gasteiger partial charge in [-0.2, -0.15) is 18.3 Å². The standard InChI is InChI=1S/C25H22F5N7O2/c26-18-3-2-14(25(28,29)30)8-21(18)36-24(38)35-20-4-1-13(7-19(20)27)17-10-15(9-16-11-32-5-6-39-16)37-22(17)23(31)33-12-34-37/h1-4,7-8,10,12,16,32H,5-6,9,11H2,(H2,31,33,34)(H2,35,36,38). The van der Waals surface area contributed by atoms with E-state index in [0.717, 1.165) is 18.3 Å². The number of alkyl halides is 3. The van der Waals surface area contributed by atoms with Gasteiger partial charge in [0.05, 0.1) is 29.6 Å². The van der Waals surface area contributed by atoms with Crippen LogP contribution in [-0.2, 0) is 17.3 Å². The fraction of sp³-hybridized carbons (Fsp3) is 0.240. The zero-order valence-electron chi connectivity index (χ0n) is 20.1. The molecule has 0 aliphatic carbocycles. The zero-order chi connectivity index (χ0) is 27.7. The number of ether oxygens (including phenoxy) is 1. The van der Waals surface area contributed by atoms with Crippen LogP contribution in [0.4, 0.5) is 43.9 Å². The number of benzene rings is 2. The molecule has 0 radical (unpaired) electrons. The van der Waals surface area contributed by atoms with Crippen molar-refractivity contribution in [3.05, 3.63) is 71.7 Å². The average molecular weight is 547 g/mol. The van der Waals surface area contributed by atoms with Gasteiger partial charge in [0, 0.05) is 30.8 Å². The number of nitrogens with zero attached hydrogens (tertiary/aromatic N) is 3. The summed E-state index contributed by atoms with van der Waals surface area (Å²) in [5.74, 6) is -1.75. The first-order chi connectivity index (χ1) is 18.6. The first kappa shape index (κ1) is 26.3. The van der Waals surface area contributed by atoms with Crippen molar-refractivity contribution in [1.82, 2.24) is 19.9 Å². The average Bonchev–Trinajstić information content (AvgIpc) is 3.26. The van der Waals surface area contributed by atoms with Crippen molar-refractivity contribution < 1.29 is 31.5 Å². The monoisotopic (exact) mass is 547 g/mol. The van der Waals surface area contributed by atoms with Gasteiger partial charge in [0.1, 0.15) is 23.5 Å². The number of aromatic nitrogens is 3. The Morgan fingerprint density at radius 2 is 1.90 bits per heavy atom. The van der Waals surface area contributed by atoms with Crippen molar-refractivity contribution in [1.29, 1.82) is 0 Å². The number of urea groups is 1. The van der Waals surface area contributed by atoms with Crippen LogP contribution in [0.5, 0.6) is 0 Å². The van der Waals surface area contributed by atoms with Crippen molar-refractivity contribution in [2.75, 3.05) is 36.1 Å². The number of hydrogen-bond donors (Lipinski definition) is 4. The van der Waals surface area contributed by atoms with Gasteiger partial charge in [0.2, 0.25) is 0 Å². The summed E-state index contributed by atoms with van der Waals surface area (Å²) in [6.45, 7) is 1.99. The molecular weight excluding hydrogens is 525 g/mol. The van der Waals surface area contributed by atoms with Crippen LogP contribution in [0.15, 0.2) is 48.8 Å². The maximum atomic E-state index is 15.1. The highest BCUT2D eigenvalue weighted by Crippen LogP contribution is 2.34. The maximum absolute atomic E-state index is 15.1. The van der Waals surface area contributed by atoms with Gasteiger partial charge in [0.25, 0.3) is 0 Å². The summed E-state index contributed by atoms with van der Waals surface area (Å²) in [6, 6.07) is 6.20. The Labute approximate surface area is 218 Å². The van der Waals surface area contributed by atoms with E-state index in [9.17, 15) is 22.4 Å². The van der Waals surface area contributed by atoms with Gasteiger partial charge in [0.15, 0.2) is 5.82 Å². The lowest BCUT2D eigenvalue weighted by molar-refractivity contribution is -0.137. The summed E-state index contributed by atoms with van der Waals surface area (Å²) in [4.78, 5) is 16.4. The molecule has 1 saturated heterocycles. The number of nitrogen functional groups attached to an aromatic ring is 1. The molecule has 0 bridgehead atoms. The molecule has 5 rings (SSSR count). The highest BCUT2D eigenvalue weighted by Gasteiger charge is 2.31. The van der Waals surface area contributed by atoms with E-state index in [4.69, 9.17) is 10.5 Å². The lowest BCUT2D eigenvalue weighted by Crippen LogP contribution is -2.39.